The summed E-state index contributed by atoms with van der Waals surface area (Å²) >= 11 is 0. The first-order chi connectivity index (χ1) is 5.36. The molecule has 0 spiro atoms. The van der Waals surface area contributed by atoms with Crippen molar-refractivity contribution < 1.29 is 0 Å². The Kier molecular flexibility index (Phi) is 3.16. The largest absolute Gasteiger partial charge is 0.198 e. The van der Waals surface area contributed by atoms with Crippen molar-refractivity contribution in [2.45, 2.75) is 32.6 Å². The molecule has 60 valence electrons. The van der Waals surface area contributed by atoms with Gasteiger partial charge >= 0.3 is 0 Å². The molecule has 0 aromatic heterocycles. The maximum atomic E-state index is 8.64. The number of hydrogen-bond acceptors (Lipinski definition) is 1. The van der Waals surface area contributed by atoms with E-state index in [9.17, 15) is 0 Å². The van der Waals surface area contributed by atoms with Crippen LogP contribution in [-0.2, 0) is 0 Å². The van der Waals surface area contributed by atoms with Crippen LogP contribution in [0.5, 0.6) is 0 Å². The fourth-order valence-corrected chi connectivity index (χ4v) is 1.71. The smallest absolute Gasteiger partial charge is 0.0655 e. The number of hydrogen-bond donors (Lipinski definition) is 0. The third-order valence-corrected chi connectivity index (χ3v) is 2.42. The number of rotatable bonds is 1. The van der Waals surface area contributed by atoms with E-state index in [0.717, 1.165) is 18.8 Å². The summed E-state index contributed by atoms with van der Waals surface area (Å²) in [5.41, 5.74) is 0. The summed E-state index contributed by atoms with van der Waals surface area (Å²) in [4.78, 5) is 0. The van der Waals surface area contributed by atoms with Gasteiger partial charge in [0.15, 0.2) is 0 Å². The predicted molar refractivity (Wildman–Crippen MR) is 45.9 cm³/mol. The van der Waals surface area contributed by atoms with Crippen LogP contribution in [0, 0.1) is 23.2 Å². The highest BCUT2D eigenvalue weighted by Gasteiger charge is 2.18. The van der Waals surface area contributed by atoms with E-state index in [1.165, 1.54) is 12.8 Å². The zero-order valence-corrected chi connectivity index (χ0v) is 7.09. The Balaban J connectivity index is 2.31. The lowest BCUT2D eigenvalue weighted by atomic mass is 9.83. The summed E-state index contributed by atoms with van der Waals surface area (Å²) in [6.45, 7) is 2.07. The summed E-state index contributed by atoms with van der Waals surface area (Å²) in [6.07, 6.45) is 9.02. The van der Waals surface area contributed by atoms with Crippen molar-refractivity contribution in [3.63, 3.8) is 0 Å². The zero-order chi connectivity index (χ0) is 8.10. The summed E-state index contributed by atoms with van der Waals surface area (Å²) in [6, 6.07) is 2.34. The van der Waals surface area contributed by atoms with Crippen molar-refractivity contribution in [1.82, 2.24) is 0 Å². The van der Waals surface area contributed by atoms with Crippen LogP contribution in [0.25, 0.3) is 0 Å². The second kappa shape index (κ2) is 4.18. The molecule has 1 heteroatoms. The summed E-state index contributed by atoms with van der Waals surface area (Å²) in [5.74, 6) is 1.10. The molecule has 0 radical (unpaired) electrons. The van der Waals surface area contributed by atoms with Gasteiger partial charge in [-0.15, -0.1) is 0 Å². The minimum atomic E-state index is 0.344. The molecule has 1 saturated carbocycles. The normalized spacial score (nSPS) is 32.0. The van der Waals surface area contributed by atoms with Crippen molar-refractivity contribution in [3.8, 4) is 6.07 Å². The van der Waals surface area contributed by atoms with E-state index < -0.39 is 0 Å². The van der Waals surface area contributed by atoms with Gasteiger partial charge in [-0.1, -0.05) is 12.2 Å². The Bertz CT molecular complexity index is 168. The number of nitriles is 1. The average Bonchev–Trinajstić information content (AvgIpc) is 2.07. The summed E-state index contributed by atoms with van der Waals surface area (Å²) in [5, 5.41) is 8.64. The van der Waals surface area contributed by atoms with Gasteiger partial charge in [0.2, 0.25) is 0 Å². The van der Waals surface area contributed by atoms with Gasteiger partial charge in [-0.05, 0) is 38.5 Å². The van der Waals surface area contributed by atoms with Crippen LogP contribution < -0.4 is 0 Å². The molecule has 0 unspecified atom stereocenters. The van der Waals surface area contributed by atoms with E-state index >= 15 is 0 Å². The molecule has 0 aliphatic heterocycles. The van der Waals surface area contributed by atoms with Crippen LogP contribution in [-0.4, -0.2) is 0 Å². The van der Waals surface area contributed by atoms with Crippen molar-refractivity contribution in [1.29, 1.82) is 5.26 Å². The quantitative estimate of drug-likeness (QED) is 0.526. The molecule has 0 amide bonds. The Hall–Kier alpha value is -0.770. The molecule has 1 aliphatic rings. The van der Waals surface area contributed by atoms with Crippen LogP contribution in [0.3, 0.4) is 0 Å². The monoisotopic (exact) mass is 149 g/mol. The molecule has 1 nitrogen and oxygen atoms in total. The van der Waals surface area contributed by atoms with E-state index in [1.807, 2.05) is 0 Å². The molecule has 0 saturated heterocycles. The minimum absolute atomic E-state index is 0.344. The fraction of sp³-hybridized carbons (Fsp3) is 0.700. The Labute approximate surface area is 68.7 Å². The standard InChI is InChI=1S/C10H15N/c1-2-3-9-4-6-10(8-11)7-5-9/h2-3,9-10H,4-7H2,1H3/b3-2+. The maximum Gasteiger partial charge on any atom is 0.0655 e. The van der Waals surface area contributed by atoms with Crippen molar-refractivity contribution in [2.75, 3.05) is 0 Å². The lowest BCUT2D eigenvalue weighted by Crippen LogP contribution is -2.11. The van der Waals surface area contributed by atoms with Crippen molar-refractivity contribution in [3.05, 3.63) is 12.2 Å². The molecule has 11 heavy (non-hydrogen) atoms. The topological polar surface area (TPSA) is 23.8 Å². The van der Waals surface area contributed by atoms with E-state index in [1.54, 1.807) is 0 Å². The molecule has 1 rings (SSSR count). The molecule has 1 fully saturated rings. The fourth-order valence-electron chi connectivity index (χ4n) is 1.71. The second-order valence-corrected chi connectivity index (χ2v) is 3.27. The third kappa shape index (κ3) is 2.38. The zero-order valence-electron chi connectivity index (χ0n) is 7.09. The van der Waals surface area contributed by atoms with Gasteiger partial charge in [0, 0.05) is 5.92 Å². The highest BCUT2D eigenvalue weighted by molar-refractivity contribution is 4.93. The third-order valence-electron chi connectivity index (χ3n) is 2.42. The molecule has 0 N–H and O–H groups in total. The van der Waals surface area contributed by atoms with Crippen LogP contribution in [0.15, 0.2) is 12.2 Å². The molecule has 0 aromatic carbocycles. The predicted octanol–water partition coefficient (Wildman–Crippen LogP) is 2.89. The van der Waals surface area contributed by atoms with E-state index in [2.05, 4.69) is 25.1 Å². The minimum Gasteiger partial charge on any atom is -0.198 e. The first-order valence-electron chi connectivity index (χ1n) is 4.39. The maximum absolute atomic E-state index is 8.64. The molecule has 0 bridgehead atoms. The molecule has 0 aromatic rings. The number of nitrogens with zero attached hydrogens (tertiary/aromatic N) is 1. The molecular weight excluding hydrogens is 134 g/mol. The van der Waals surface area contributed by atoms with Crippen molar-refractivity contribution >= 4 is 0 Å². The molecule has 0 heterocycles. The van der Waals surface area contributed by atoms with Gasteiger partial charge in [-0.2, -0.15) is 5.26 Å². The van der Waals surface area contributed by atoms with Crippen LogP contribution in [0.4, 0.5) is 0 Å². The lowest BCUT2D eigenvalue weighted by molar-refractivity contribution is 0.362. The van der Waals surface area contributed by atoms with Gasteiger partial charge in [0.05, 0.1) is 6.07 Å². The van der Waals surface area contributed by atoms with Crippen molar-refractivity contribution in [2.24, 2.45) is 11.8 Å². The highest BCUT2D eigenvalue weighted by Crippen LogP contribution is 2.28. The van der Waals surface area contributed by atoms with Crippen LogP contribution >= 0.6 is 0 Å². The Morgan fingerprint density at radius 1 is 1.27 bits per heavy atom. The van der Waals surface area contributed by atoms with Gasteiger partial charge in [-0.3, -0.25) is 0 Å². The van der Waals surface area contributed by atoms with Crippen LogP contribution in [0.1, 0.15) is 32.6 Å². The first kappa shape index (κ1) is 8.33. The average molecular weight is 149 g/mol. The Morgan fingerprint density at radius 2 is 1.91 bits per heavy atom. The summed E-state index contributed by atoms with van der Waals surface area (Å²) < 4.78 is 0. The van der Waals surface area contributed by atoms with Gasteiger partial charge in [-0.25, -0.2) is 0 Å². The molecule has 0 atom stereocenters. The first-order valence-corrected chi connectivity index (χ1v) is 4.39. The Morgan fingerprint density at radius 3 is 2.36 bits per heavy atom. The highest BCUT2D eigenvalue weighted by atomic mass is 14.3. The van der Waals surface area contributed by atoms with E-state index in [4.69, 9.17) is 5.26 Å². The van der Waals surface area contributed by atoms with E-state index in [0.29, 0.717) is 5.92 Å². The summed E-state index contributed by atoms with van der Waals surface area (Å²) in [7, 11) is 0. The lowest BCUT2D eigenvalue weighted by Gasteiger charge is -2.21. The second-order valence-electron chi connectivity index (χ2n) is 3.27. The van der Waals surface area contributed by atoms with Crippen LogP contribution in [0.2, 0.25) is 0 Å². The molecule has 1 aliphatic carbocycles. The number of allylic oxidation sites excluding steroid dienone is 2. The van der Waals surface area contributed by atoms with E-state index in [-0.39, 0.29) is 0 Å². The van der Waals surface area contributed by atoms with Gasteiger partial charge in [0.25, 0.3) is 0 Å². The van der Waals surface area contributed by atoms with Gasteiger partial charge in [0.1, 0.15) is 0 Å². The SMILES string of the molecule is C/C=C/C1CCC(C#N)CC1. The van der Waals surface area contributed by atoms with Gasteiger partial charge < -0.3 is 0 Å². The molecular formula is C10H15N.